The van der Waals surface area contributed by atoms with E-state index < -0.39 is 11.6 Å². The molecule has 0 N–H and O–H groups in total. The maximum Gasteiger partial charge on any atom is 0.338 e. The summed E-state index contributed by atoms with van der Waals surface area (Å²) in [6.07, 6.45) is 4.81. The quantitative estimate of drug-likeness (QED) is 0.561. The predicted molar refractivity (Wildman–Crippen MR) is 115 cm³/mol. The maximum atomic E-state index is 13.1. The molecule has 1 heterocycles. The molecule has 0 aliphatic heterocycles. The Balaban J connectivity index is 1.74. The third-order valence-corrected chi connectivity index (χ3v) is 5.33. The summed E-state index contributed by atoms with van der Waals surface area (Å²) in [6, 6.07) is 9.71. The molecule has 1 fully saturated rings. The third-order valence-electron chi connectivity index (χ3n) is 4.84. The summed E-state index contributed by atoms with van der Waals surface area (Å²) in [7, 11) is 0. The van der Waals surface area contributed by atoms with Crippen LogP contribution in [0.3, 0.4) is 0 Å². The number of rotatable bonds is 7. The molecule has 1 atom stereocenters. The number of Topliss-reactive ketones (excluding diaryl/α,β-unsaturated/α-hetero) is 1. The van der Waals surface area contributed by atoms with Crippen molar-refractivity contribution in [2.24, 2.45) is 5.92 Å². The van der Waals surface area contributed by atoms with E-state index in [0.717, 1.165) is 18.4 Å². The van der Waals surface area contributed by atoms with Gasteiger partial charge in [-0.05, 0) is 56.9 Å². The first-order chi connectivity index (χ1) is 13.6. The molecule has 6 heteroatoms. The summed E-state index contributed by atoms with van der Waals surface area (Å²) < 4.78 is 7.61. The van der Waals surface area contributed by atoms with Crippen molar-refractivity contribution >= 4 is 27.7 Å². The van der Waals surface area contributed by atoms with Gasteiger partial charge in [-0.25, -0.2) is 4.79 Å². The smallest absolute Gasteiger partial charge is 0.338 e. The molecule has 1 aromatic carbocycles. The fraction of sp³-hybridized carbons (Fsp3) is 0.435. The second-order valence-electron chi connectivity index (χ2n) is 8.63. The molecule has 5 nitrogen and oxygen atoms in total. The molecule has 0 amide bonds. The predicted octanol–water partition coefficient (Wildman–Crippen LogP) is 4.72. The normalized spacial score (nSPS) is 15.0. The molecule has 29 heavy (non-hydrogen) atoms. The van der Waals surface area contributed by atoms with Gasteiger partial charge >= 0.3 is 5.97 Å². The Morgan fingerprint density at radius 2 is 1.83 bits per heavy atom. The minimum atomic E-state index is -0.556. The van der Waals surface area contributed by atoms with Crippen LogP contribution < -0.4 is 5.56 Å². The number of benzene rings is 1. The van der Waals surface area contributed by atoms with Crippen molar-refractivity contribution in [3.05, 3.63) is 68.5 Å². The Labute approximate surface area is 179 Å². The fourth-order valence-corrected chi connectivity index (χ4v) is 3.52. The lowest BCUT2D eigenvalue weighted by atomic mass is 9.98. The fourth-order valence-electron chi connectivity index (χ4n) is 3.21. The Bertz CT molecular complexity index is 952. The lowest BCUT2D eigenvalue weighted by Gasteiger charge is -2.20. The maximum absolute atomic E-state index is 13.1. The van der Waals surface area contributed by atoms with E-state index in [9.17, 15) is 14.4 Å². The number of ether oxygens (including phenoxy) is 1. The molecule has 0 bridgehead atoms. The van der Waals surface area contributed by atoms with Crippen LogP contribution in [0.15, 0.2) is 51.9 Å². The number of hydrogen-bond donors (Lipinski definition) is 0. The number of esters is 1. The number of pyridine rings is 1. The van der Waals surface area contributed by atoms with Crippen LogP contribution in [-0.4, -0.2) is 21.9 Å². The molecule has 1 aliphatic rings. The van der Waals surface area contributed by atoms with Crippen molar-refractivity contribution in [3.63, 3.8) is 0 Å². The highest BCUT2D eigenvalue weighted by Crippen LogP contribution is 2.37. The Hall–Kier alpha value is -2.21. The summed E-state index contributed by atoms with van der Waals surface area (Å²) in [6.45, 7) is 5.46. The van der Waals surface area contributed by atoms with Gasteiger partial charge in [-0.3, -0.25) is 9.59 Å². The number of ketones is 1. The standard InChI is InChI=1S/C23H26BrNO4/c1-23(2,3)29-22(28)17-8-6-16(7-9-17)13-20(26)19(12-15-4-5-15)25-11-10-18(24)14-21(25)27/h6-11,14-15,19H,4-5,12-13H2,1-3H3. The lowest BCUT2D eigenvalue weighted by Crippen LogP contribution is -2.30. The van der Waals surface area contributed by atoms with E-state index >= 15 is 0 Å². The minimum Gasteiger partial charge on any atom is -0.456 e. The number of carbonyl (C=O) groups is 2. The number of hydrogen-bond acceptors (Lipinski definition) is 4. The molecule has 154 valence electrons. The van der Waals surface area contributed by atoms with Crippen molar-refractivity contribution in [1.29, 1.82) is 0 Å². The van der Waals surface area contributed by atoms with Crippen LogP contribution in [0.1, 0.15) is 62.0 Å². The third kappa shape index (κ3) is 6.13. The largest absolute Gasteiger partial charge is 0.456 e. The van der Waals surface area contributed by atoms with Crippen LogP contribution in [0.5, 0.6) is 0 Å². The second-order valence-corrected chi connectivity index (χ2v) is 9.54. The monoisotopic (exact) mass is 459 g/mol. The van der Waals surface area contributed by atoms with E-state index in [-0.39, 0.29) is 23.7 Å². The van der Waals surface area contributed by atoms with Crippen LogP contribution in [0, 0.1) is 5.92 Å². The zero-order valence-corrected chi connectivity index (χ0v) is 18.6. The molecule has 0 saturated heterocycles. The van der Waals surface area contributed by atoms with E-state index in [1.807, 2.05) is 20.8 Å². The first kappa shape index (κ1) is 21.5. The van der Waals surface area contributed by atoms with Gasteiger partial charge in [-0.1, -0.05) is 40.9 Å². The first-order valence-corrected chi connectivity index (χ1v) is 10.6. The van der Waals surface area contributed by atoms with E-state index in [4.69, 9.17) is 4.74 Å². The van der Waals surface area contributed by atoms with Crippen LogP contribution in [-0.2, 0) is 16.0 Å². The molecular weight excluding hydrogens is 434 g/mol. The molecular formula is C23H26BrNO4. The van der Waals surface area contributed by atoms with E-state index in [2.05, 4.69) is 15.9 Å². The van der Waals surface area contributed by atoms with E-state index in [1.54, 1.807) is 41.1 Å². The van der Waals surface area contributed by atoms with Crippen LogP contribution in [0.4, 0.5) is 0 Å². The first-order valence-electron chi connectivity index (χ1n) is 9.85. The van der Waals surface area contributed by atoms with Crippen molar-refractivity contribution in [3.8, 4) is 0 Å². The summed E-state index contributed by atoms with van der Waals surface area (Å²) >= 11 is 3.30. The number of carbonyl (C=O) groups excluding carboxylic acids is 2. The Kier molecular flexibility index (Phi) is 6.42. The molecule has 1 aromatic heterocycles. The van der Waals surface area contributed by atoms with Gasteiger partial charge in [0, 0.05) is 23.2 Å². The van der Waals surface area contributed by atoms with Gasteiger partial charge in [0.25, 0.3) is 5.56 Å². The zero-order valence-electron chi connectivity index (χ0n) is 17.0. The SMILES string of the molecule is CC(C)(C)OC(=O)c1ccc(CC(=O)C(CC2CC2)n2ccc(Br)cc2=O)cc1. The van der Waals surface area contributed by atoms with Gasteiger partial charge < -0.3 is 9.30 Å². The highest BCUT2D eigenvalue weighted by Gasteiger charge is 2.30. The van der Waals surface area contributed by atoms with E-state index in [0.29, 0.717) is 22.4 Å². The zero-order chi connectivity index (χ0) is 21.2. The summed E-state index contributed by atoms with van der Waals surface area (Å²) in [5, 5.41) is 0. The van der Waals surface area contributed by atoms with Gasteiger partial charge in [0.1, 0.15) is 5.60 Å². The van der Waals surface area contributed by atoms with Crippen molar-refractivity contribution in [2.45, 2.75) is 58.1 Å². The van der Waals surface area contributed by atoms with Gasteiger partial charge in [0.15, 0.2) is 5.78 Å². The summed E-state index contributed by atoms with van der Waals surface area (Å²) in [4.78, 5) is 37.6. The van der Waals surface area contributed by atoms with Gasteiger partial charge in [-0.2, -0.15) is 0 Å². The highest BCUT2D eigenvalue weighted by molar-refractivity contribution is 9.10. The second kappa shape index (κ2) is 8.66. The van der Waals surface area contributed by atoms with Crippen molar-refractivity contribution in [2.75, 3.05) is 0 Å². The number of halogens is 1. The van der Waals surface area contributed by atoms with Crippen LogP contribution >= 0.6 is 15.9 Å². The molecule has 1 aliphatic carbocycles. The van der Waals surface area contributed by atoms with Gasteiger partial charge in [0.05, 0.1) is 11.6 Å². The van der Waals surface area contributed by atoms with E-state index in [1.165, 1.54) is 6.07 Å². The van der Waals surface area contributed by atoms with Gasteiger partial charge in [0.2, 0.25) is 0 Å². The molecule has 3 rings (SSSR count). The molecule has 0 spiro atoms. The molecule has 0 radical (unpaired) electrons. The van der Waals surface area contributed by atoms with Crippen molar-refractivity contribution in [1.82, 2.24) is 4.57 Å². The lowest BCUT2D eigenvalue weighted by molar-refractivity contribution is -0.122. The van der Waals surface area contributed by atoms with Crippen LogP contribution in [0.25, 0.3) is 0 Å². The number of nitrogens with zero attached hydrogens (tertiary/aromatic N) is 1. The molecule has 1 unspecified atom stereocenters. The summed E-state index contributed by atoms with van der Waals surface area (Å²) in [5.41, 5.74) is 0.529. The highest BCUT2D eigenvalue weighted by atomic mass is 79.9. The molecule has 1 saturated carbocycles. The number of aromatic nitrogens is 1. The Morgan fingerprint density at radius 1 is 1.17 bits per heavy atom. The van der Waals surface area contributed by atoms with Gasteiger partial charge in [-0.15, -0.1) is 0 Å². The topological polar surface area (TPSA) is 65.4 Å². The molecule has 2 aromatic rings. The minimum absolute atomic E-state index is 0.00587. The van der Waals surface area contributed by atoms with Crippen molar-refractivity contribution < 1.29 is 14.3 Å². The average Bonchev–Trinajstić information content (AvgIpc) is 3.43. The summed E-state index contributed by atoms with van der Waals surface area (Å²) in [5.74, 6) is 0.129. The average molecular weight is 460 g/mol. The Morgan fingerprint density at radius 3 is 2.38 bits per heavy atom. The van der Waals surface area contributed by atoms with Crippen LogP contribution in [0.2, 0.25) is 0 Å².